The van der Waals surface area contributed by atoms with E-state index >= 15 is 0 Å². The highest BCUT2D eigenvalue weighted by Crippen LogP contribution is 2.48. The molecule has 0 unspecified atom stereocenters. The van der Waals surface area contributed by atoms with Gasteiger partial charge in [-0.25, -0.2) is 4.39 Å². The van der Waals surface area contributed by atoms with Crippen molar-refractivity contribution >= 4 is 7.60 Å². The van der Waals surface area contributed by atoms with E-state index in [4.69, 9.17) is 9.05 Å². The molecule has 0 aromatic rings. The van der Waals surface area contributed by atoms with Gasteiger partial charge in [-0.05, 0) is 32.8 Å². The standard InChI is InChI=1S/C10H20FO3P/c1-4-7-10(11)8-9-15(12,13-5-2)14-6-3/h8H,4-7,9H2,1-3H3/b10-8-. The summed E-state index contributed by atoms with van der Waals surface area (Å²) >= 11 is 0. The van der Waals surface area contributed by atoms with Crippen molar-refractivity contribution < 1.29 is 18.0 Å². The average Bonchev–Trinajstić information content (AvgIpc) is 2.16. The third kappa shape index (κ3) is 6.82. The molecule has 0 aliphatic heterocycles. The van der Waals surface area contributed by atoms with Gasteiger partial charge < -0.3 is 9.05 Å². The van der Waals surface area contributed by atoms with Crippen molar-refractivity contribution in [3.63, 3.8) is 0 Å². The normalized spacial score (nSPS) is 13.2. The van der Waals surface area contributed by atoms with Crippen LogP contribution in [0, 0.1) is 0 Å². The summed E-state index contributed by atoms with van der Waals surface area (Å²) in [5.74, 6) is -0.253. The highest BCUT2D eigenvalue weighted by atomic mass is 31.2. The summed E-state index contributed by atoms with van der Waals surface area (Å²) in [6.07, 6.45) is 2.42. The van der Waals surface area contributed by atoms with Gasteiger partial charge in [0.1, 0.15) is 0 Å². The minimum atomic E-state index is -3.11. The highest BCUT2D eigenvalue weighted by molar-refractivity contribution is 7.54. The summed E-state index contributed by atoms with van der Waals surface area (Å²) in [6.45, 7) is 5.97. The summed E-state index contributed by atoms with van der Waals surface area (Å²) in [5, 5.41) is 0. The zero-order valence-electron chi connectivity index (χ0n) is 9.66. The van der Waals surface area contributed by atoms with E-state index in [1.807, 2.05) is 6.92 Å². The fraction of sp³-hybridized carbons (Fsp3) is 0.800. The quantitative estimate of drug-likeness (QED) is 0.601. The molecule has 0 amide bonds. The lowest BCUT2D eigenvalue weighted by Crippen LogP contribution is -1.98. The molecule has 0 saturated heterocycles. The van der Waals surface area contributed by atoms with Crippen LogP contribution in [0.1, 0.15) is 33.6 Å². The van der Waals surface area contributed by atoms with Crippen LogP contribution in [0.25, 0.3) is 0 Å². The number of hydrogen-bond donors (Lipinski definition) is 0. The van der Waals surface area contributed by atoms with Gasteiger partial charge in [0.25, 0.3) is 0 Å². The van der Waals surface area contributed by atoms with Crippen molar-refractivity contribution in [3.05, 3.63) is 11.9 Å². The van der Waals surface area contributed by atoms with Gasteiger partial charge in [-0.2, -0.15) is 0 Å². The molecule has 0 aliphatic carbocycles. The smallest absolute Gasteiger partial charge is 0.309 e. The minimum absolute atomic E-state index is 0.0144. The first-order chi connectivity index (χ1) is 7.08. The van der Waals surface area contributed by atoms with Crippen molar-refractivity contribution in [2.75, 3.05) is 19.4 Å². The molecule has 0 fully saturated rings. The van der Waals surface area contributed by atoms with E-state index < -0.39 is 7.60 Å². The molecule has 15 heavy (non-hydrogen) atoms. The number of halogens is 1. The van der Waals surface area contributed by atoms with Gasteiger partial charge in [0.2, 0.25) is 0 Å². The van der Waals surface area contributed by atoms with Crippen LogP contribution in [0.4, 0.5) is 4.39 Å². The van der Waals surface area contributed by atoms with Crippen LogP contribution in [0.5, 0.6) is 0 Å². The Morgan fingerprint density at radius 2 is 1.80 bits per heavy atom. The molecule has 0 atom stereocenters. The van der Waals surface area contributed by atoms with Gasteiger partial charge in [0.15, 0.2) is 0 Å². The SMILES string of the molecule is CCC/C(F)=C/CP(=O)(OCC)OCC. The Morgan fingerprint density at radius 1 is 1.27 bits per heavy atom. The lowest BCUT2D eigenvalue weighted by atomic mass is 10.3. The molecule has 0 aliphatic rings. The van der Waals surface area contributed by atoms with Gasteiger partial charge in [-0.1, -0.05) is 6.92 Å². The Hall–Kier alpha value is -0.180. The molecule has 0 saturated carbocycles. The molecule has 0 N–H and O–H groups in total. The molecule has 0 radical (unpaired) electrons. The predicted molar refractivity (Wildman–Crippen MR) is 59.8 cm³/mol. The summed E-state index contributed by atoms with van der Waals surface area (Å²) in [7, 11) is -3.11. The van der Waals surface area contributed by atoms with E-state index in [1.54, 1.807) is 13.8 Å². The van der Waals surface area contributed by atoms with E-state index in [2.05, 4.69) is 0 Å². The molecule has 0 aromatic carbocycles. The van der Waals surface area contributed by atoms with E-state index in [9.17, 15) is 8.96 Å². The predicted octanol–water partition coefficient (Wildman–Crippen LogP) is 3.91. The van der Waals surface area contributed by atoms with Crippen LogP contribution in [-0.4, -0.2) is 19.4 Å². The second kappa shape index (κ2) is 8.03. The molecule has 5 heteroatoms. The maximum Gasteiger partial charge on any atom is 0.334 e. The topological polar surface area (TPSA) is 35.5 Å². The summed E-state index contributed by atoms with van der Waals surface area (Å²) in [4.78, 5) is 0. The monoisotopic (exact) mass is 238 g/mol. The zero-order chi connectivity index (χ0) is 11.7. The second-order valence-corrected chi connectivity index (χ2v) is 5.13. The average molecular weight is 238 g/mol. The molecule has 0 bridgehead atoms. The van der Waals surface area contributed by atoms with Crippen molar-refractivity contribution in [2.24, 2.45) is 0 Å². The first kappa shape index (κ1) is 14.8. The van der Waals surface area contributed by atoms with Crippen molar-refractivity contribution in [2.45, 2.75) is 33.6 Å². The zero-order valence-corrected chi connectivity index (χ0v) is 10.6. The van der Waals surface area contributed by atoms with Gasteiger partial charge in [-0.15, -0.1) is 0 Å². The number of allylic oxidation sites excluding steroid dienone is 2. The highest BCUT2D eigenvalue weighted by Gasteiger charge is 2.21. The first-order valence-corrected chi connectivity index (χ1v) is 7.03. The second-order valence-electron chi connectivity index (χ2n) is 3.03. The molecular formula is C10H20FO3P. The lowest BCUT2D eigenvalue weighted by Gasteiger charge is -2.14. The summed E-state index contributed by atoms with van der Waals surface area (Å²) < 4.78 is 35.0. The molecule has 0 spiro atoms. The number of rotatable bonds is 8. The summed E-state index contributed by atoms with van der Waals surface area (Å²) in [5.41, 5.74) is 0. The van der Waals surface area contributed by atoms with E-state index in [1.165, 1.54) is 6.08 Å². The maximum absolute atomic E-state index is 13.0. The third-order valence-corrected chi connectivity index (χ3v) is 3.61. The van der Waals surface area contributed by atoms with E-state index in [0.717, 1.165) is 6.42 Å². The largest absolute Gasteiger partial charge is 0.334 e. The van der Waals surface area contributed by atoms with Crippen LogP contribution in [0.15, 0.2) is 11.9 Å². The van der Waals surface area contributed by atoms with Crippen LogP contribution in [-0.2, 0) is 13.6 Å². The van der Waals surface area contributed by atoms with Gasteiger partial charge in [-0.3, -0.25) is 4.57 Å². The first-order valence-electron chi connectivity index (χ1n) is 5.30. The van der Waals surface area contributed by atoms with Crippen molar-refractivity contribution in [1.29, 1.82) is 0 Å². The fourth-order valence-electron chi connectivity index (χ4n) is 1.09. The molecule has 0 aromatic heterocycles. The van der Waals surface area contributed by atoms with Crippen molar-refractivity contribution in [1.82, 2.24) is 0 Å². The minimum Gasteiger partial charge on any atom is -0.309 e. The molecule has 0 rings (SSSR count). The summed E-state index contributed by atoms with van der Waals surface area (Å²) in [6, 6.07) is 0. The molecule has 0 heterocycles. The number of hydrogen-bond acceptors (Lipinski definition) is 3. The Morgan fingerprint density at radius 3 is 2.20 bits per heavy atom. The lowest BCUT2D eigenvalue weighted by molar-refractivity contribution is 0.222. The van der Waals surface area contributed by atoms with Crippen LogP contribution >= 0.6 is 7.60 Å². The molecular weight excluding hydrogens is 218 g/mol. The molecule has 3 nitrogen and oxygen atoms in total. The van der Waals surface area contributed by atoms with Gasteiger partial charge in [0, 0.05) is 0 Å². The fourth-order valence-corrected chi connectivity index (χ4v) is 2.58. The van der Waals surface area contributed by atoms with Gasteiger partial charge in [0.05, 0.1) is 25.2 Å². The maximum atomic E-state index is 13.0. The van der Waals surface area contributed by atoms with E-state index in [-0.39, 0.29) is 12.0 Å². The van der Waals surface area contributed by atoms with Crippen LogP contribution in [0.2, 0.25) is 0 Å². The Balaban J connectivity index is 4.28. The Kier molecular flexibility index (Phi) is 7.93. The molecule has 90 valence electrons. The van der Waals surface area contributed by atoms with Crippen LogP contribution < -0.4 is 0 Å². The third-order valence-electron chi connectivity index (χ3n) is 1.68. The van der Waals surface area contributed by atoms with Crippen LogP contribution in [0.3, 0.4) is 0 Å². The van der Waals surface area contributed by atoms with Gasteiger partial charge >= 0.3 is 7.60 Å². The Bertz CT molecular complexity index is 231. The van der Waals surface area contributed by atoms with E-state index in [0.29, 0.717) is 19.6 Å². The Labute approximate surface area is 91.2 Å². The van der Waals surface area contributed by atoms with Crippen molar-refractivity contribution in [3.8, 4) is 0 Å².